The van der Waals surface area contributed by atoms with Gasteiger partial charge in [-0.05, 0) is 56.1 Å². The van der Waals surface area contributed by atoms with Gasteiger partial charge in [-0.15, -0.1) is 0 Å². The van der Waals surface area contributed by atoms with Gasteiger partial charge in [0, 0.05) is 23.5 Å². The molecular weight excluding hydrogens is 264 g/mol. The van der Waals surface area contributed by atoms with Crippen LogP contribution in [0.1, 0.15) is 32.9 Å². The third-order valence-corrected chi connectivity index (χ3v) is 3.56. The molecule has 2 N–H and O–H groups in total. The van der Waals surface area contributed by atoms with E-state index in [0.29, 0.717) is 11.5 Å². The van der Waals surface area contributed by atoms with Gasteiger partial charge in [0.15, 0.2) is 0 Å². The van der Waals surface area contributed by atoms with E-state index in [9.17, 15) is 4.79 Å². The van der Waals surface area contributed by atoms with E-state index in [0.717, 1.165) is 30.9 Å². The van der Waals surface area contributed by atoms with E-state index in [1.165, 1.54) is 11.1 Å². The van der Waals surface area contributed by atoms with Gasteiger partial charge in [-0.25, -0.2) is 9.97 Å². The predicted molar refractivity (Wildman–Crippen MR) is 81.3 cm³/mol. The number of anilines is 1. The number of aromatic nitrogens is 2. The Balaban J connectivity index is 1.82. The van der Waals surface area contributed by atoms with Crippen molar-refractivity contribution in [2.45, 2.75) is 26.8 Å². The van der Waals surface area contributed by atoms with Gasteiger partial charge < -0.3 is 5.32 Å². The molecule has 21 heavy (non-hydrogen) atoms. The van der Waals surface area contributed by atoms with Crippen LogP contribution in [-0.2, 0) is 13.0 Å². The van der Waals surface area contributed by atoms with Crippen LogP contribution < -0.4 is 10.6 Å². The van der Waals surface area contributed by atoms with Crippen molar-refractivity contribution in [2.75, 3.05) is 11.9 Å². The second-order valence-corrected chi connectivity index (χ2v) is 5.34. The highest BCUT2D eigenvalue weighted by Crippen LogP contribution is 2.16. The number of rotatable bonds is 2. The number of amides is 1. The number of carbonyl (C=O) groups is 1. The average Bonchev–Trinajstić information content (AvgIpc) is 2.45. The fraction of sp³-hybridized carbons (Fsp3) is 0.312. The minimum atomic E-state index is -0.173. The third-order valence-electron chi connectivity index (χ3n) is 3.56. The summed E-state index contributed by atoms with van der Waals surface area (Å²) in [5, 5.41) is 6.08. The molecule has 0 radical (unpaired) electrons. The van der Waals surface area contributed by atoms with Gasteiger partial charge >= 0.3 is 0 Å². The zero-order valence-corrected chi connectivity index (χ0v) is 12.2. The third kappa shape index (κ3) is 3.08. The molecule has 0 fully saturated rings. The lowest BCUT2D eigenvalue weighted by Gasteiger charge is -2.17. The Morgan fingerprint density at radius 2 is 1.90 bits per heavy atom. The Morgan fingerprint density at radius 1 is 1.14 bits per heavy atom. The molecule has 0 aliphatic carbocycles. The van der Waals surface area contributed by atoms with Crippen LogP contribution in [0, 0.1) is 13.8 Å². The molecule has 0 saturated carbocycles. The lowest BCUT2D eigenvalue weighted by molar-refractivity contribution is 0.102. The first-order valence-electron chi connectivity index (χ1n) is 7.08. The smallest absolute Gasteiger partial charge is 0.258 e. The Kier molecular flexibility index (Phi) is 3.66. The van der Waals surface area contributed by atoms with Crippen molar-refractivity contribution in [3.63, 3.8) is 0 Å². The maximum atomic E-state index is 12.3. The normalized spacial score (nSPS) is 13.6. The molecule has 1 aliphatic rings. The highest BCUT2D eigenvalue weighted by molar-refractivity contribution is 6.03. The van der Waals surface area contributed by atoms with Crippen LogP contribution in [0.15, 0.2) is 24.3 Å². The number of benzene rings is 1. The van der Waals surface area contributed by atoms with Gasteiger partial charge in [0.05, 0.1) is 0 Å². The van der Waals surface area contributed by atoms with Crippen LogP contribution in [0.2, 0.25) is 0 Å². The van der Waals surface area contributed by atoms with Crippen LogP contribution in [0.4, 0.5) is 5.95 Å². The van der Waals surface area contributed by atoms with E-state index in [-0.39, 0.29) is 5.91 Å². The SMILES string of the molecule is Cc1cc(C)nc(NC(=O)c2ccc3c(c2)CNCC3)n1. The summed E-state index contributed by atoms with van der Waals surface area (Å²) < 4.78 is 0. The molecule has 1 amide bonds. The Hall–Kier alpha value is -2.27. The van der Waals surface area contributed by atoms with Gasteiger partial charge in [0.1, 0.15) is 0 Å². The highest BCUT2D eigenvalue weighted by atomic mass is 16.1. The predicted octanol–water partition coefficient (Wildman–Crippen LogP) is 1.99. The van der Waals surface area contributed by atoms with Crippen molar-refractivity contribution in [1.29, 1.82) is 0 Å². The molecule has 2 heterocycles. The van der Waals surface area contributed by atoms with Crippen molar-refractivity contribution >= 4 is 11.9 Å². The minimum Gasteiger partial charge on any atom is -0.312 e. The van der Waals surface area contributed by atoms with Gasteiger partial charge in [-0.3, -0.25) is 10.1 Å². The molecule has 5 heteroatoms. The summed E-state index contributed by atoms with van der Waals surface area (Å²) >= 11 is 0. The first-order chi connectivity index (χ1) is 10.1. The summed E-state index contributed by atoms with van der Waals surface area (Å²) in [4.78, 5) is 20.8. The molecule has 0 saturated heterocycles. The van der Waals surface area contributed by atoms with Crippen molar-refractivity contribution in [1.82, 2.24) is 15.3 Å². The lowest BCUT2D eigenvalue weighted by Crippen LogP contribution is -2.24. The largest absolute Gasteiger partial charge is 0.312 e. The Morgan fingerprint density at radius 3 is 2.67 bits per heavy atom. The first kappa shape index (κ1) is 13.7. The van der Waals surface area contributed by atoms with E-state index >= 15 is 0 Å². The van der Waals surface area contributed by atoms with Crippen molar-refractivity contribution in [3.05, 3.63) is 52.3 Å². The van der Waals surface area contributed by atoms with Gasteiger partial charge in [-0.2, -0.15) is 0 Å². The molecule has 0 bridgehead atoms. The summed E-state index contributed by atoms with van der Waals surface area (Å²) in [7, 11) is 0. The van der Waals surface area contributed by atoms with Crippen LogP contribution in [0.25, 0.3) is 0 Å². The van der Waals surface area contributed by atoms with E-state index in [1.807, 2.05) is 38.1 Å². The number of hydrogen-bond donors (Lipinski definition) is 2. The molecule has 2 aromatic rings. The molecule has 0 atom stereocenters. The number of hydrogen-bond acceptors (Lipinski definition) is 4. The molecular formula is C16H18N4O. The van der Waals surface area contributed by atoms with Crippen molar-refractivity contribution < 1.29 is 4.79 Å². The molecule has 1 aliphatic heterocycles. The number of nitrogens with zero attached hydrogens (tertiary/aromatic N) is 2. The van der Waals surface area contributed by atoms with Crippen LogP contribution in [0.3, 0.4) is 0 Å². The second kappa shape index (κ2) is 5.61. The van der Waals surface area contributed by atoms with Gasteiger partial charge in [0.25, 0.3) is 5.91 Å². The number of carbonyl (C=O) groups excluding carboxylic acids is 1. The van der Waals surface area contributed by atoms with Crippen molar-refractivity contribution in [3.8, 4) is 0 Å². The minimum absolute atomic E-state index is 0.173. The number of aryl methyl sites for hydroxylation is 2. The van der Waals surface area contributed by atoms with Crippen LogP contribution >= 0.6 is 0 Å². The second-order valence-electron chi connectivity index (χ2n) is 5.34. The molecule has 0 spiro atoms. The van der Waals surface area contributed by atoms with Gasteiger partial charge in [-0.1, -0.05) is 6.07 Å². The summed E-state index contributed by atoms with van der Waals surface area (Å²) in [6.45, 7) is 5.58. The zero-order valence-electron chi connectivity index (χ0n) is 12.2. The zero-order chi connectivity index (χ0) is 14.8. The standard InChI is InChI=1S/C16H18N4O/c1-10-7-11(2)19-16(18-10)20-15(21)13-4-3-12-5-6-17-9-14(12)8-13/h3-4,7-8,17H,5-6,9H2,1-2H3,(H,18,19,20,21). The van der Waals surface area contributed by atoms with Crippen molar-refractivity contribution in [2.24, 2.45) is 0 Å². The van der Waals surface area contributed by atoms with E-state index < -0.39 is 0 Å². The maximum absolute atomic E-state index is 12.3. The summed E-state index contributed by atoms with van der Waals surface area (Å²) in [5.74, 6) is 0.182. The topological polar surface area (TPSA) is 66.9 Å². The summed E-state index contributed by atoms with van der Waals surface area (Å²) in [5.41, 5.74) is 4.82. The van der Waals surface area contributed by atoms with Crippen LogP contribution in [-0.4, -0.2) is 22.4 Å². The molecule has 1 aromatic heterocycles. The molecule has 5 nitrogen and oxygen atoms in total. The molecule has 3 rings (SSSR count). The summed E-state index contributed by atoms with van der Waals surface area (Å²) in [6.07, 6.45) is 1.01. The van der Waals surface area contributed by atoms with Crippen LogP contribution in [0.5, 0.6) is 0 Å². The Bertz CT molecular complexity index is 676. The fourth-order valence-corrected chi connectivity index (χ4v) is 2.58. The fourth-order valence-electron chi connectivity index (χ4n) is 2.58. The molecule has 108 valence electrons. The quantitative estimate of drug-likeness (QED) is 0.884. The number of fused-ring (bicyclic) bond motifs is 1. The lowest BCUT2D eigenvalue weighted by atomic mass is 9.98. The monoisotopic (exact) mass is 282 g/mol. The summed E-state index contributed by atoms with van der Waals surface area (Å²) in [6, 6.07) is 7.72. The maximum Gasteiger partial charge on any atom is 0.258 e. The van der Waals surface area contributed by atoms with E-state index in [4.69, 9.17) is 0 Å². The molecule has 0 unspecified atom stereocenters. The van der Waals surface area contributed by atoms with E-state index in [2.05, 4.69) is 20.6 Å². The average molecular weight is 282 g/mol. The number of nitrogens with one attached hydrogen (secondary N) is 2. The van der Waals surface area contributed by atoms with E-state index in [1.54, 1.807) is 0 Å². The first-order valence-corrected chi connectivity index (χ1v) is 7.08. The van der Waals surface area contributed by atoms with Gasteiger partial charge in [0.2, 0.25) is 5.95 Å². The highest BCUT2D eigenvalue weighted by Gasteiger charge is 2.13. The Labute approximate surface area is 123 Å². The molecule has 1 aromatic carbocycles.